The van der Waals surface area contributed by atoms with Crippen molar-refractivity contribution in [2.45, 2.75) is 51.1 Å². The Balaban J connectivity index is 2.16. The minimum atomic E-state index is -1.18. The Bertz CT molecular complexity index is 799. The Hall–Kier alpha value is -1.53. The second-order valence-corrected chi connectivity index (χ2v) is 9.90. The van der Waals surface area contributed by atoms with Crippen molar-refractivity contribution in [1.29, 1.82) is 0 Å². The molecule has 0 aromatic heterocycles. The Kier molecular flexibility index (Phi) is 5.63. The highest BCUT2D eigenvalue weighted by Crippen LogP contribution is 2.44. The molecule has 2 N–H and O–H groups in total. The standard InChI is InChI=1S/C21H27NO3S/c1-21(2,3)26(25)22-13-17-11-15(14-24)12-18(16-7-5-4-6-8-16)20(17)19(22)9-10-23/h4-8,11-12,19,23-24H,9-10,13-14H2,1-3H3/t19-,26?/m0/s1. The lowest BCUT2D eigenvalue weighted by molar-refractivity contribution is 0.238. The van der Waals surface area contributed by atoms with Gasteiger partial charge in [-0.15, -0.1) is 0 Å². The van der Waals surface area contributed by atoms with Gasteiger partial charge in [-0.3, -0.25) is 0 Å². The zero-order valence-corrected chi connectivity index (χ0v) is 16.4. The van der Waals surface area contributed by atoms with Crippen LogP contribution in [0.4, 0.5) is 0 Å². The minimum Gasteiger partial charge on any atom is -0.396 e. The van der Waals surface area contributed by atoms with Crippen LogP contribution < -0.4 is 0 Å². The lowest BCUT2D eigenvalue weighted by Crippen LogP contribution is -2.36. The van der Waals surface area contributed by atoms with Gasteiger partial charge in [0.25, 0.3) is 0 Å². The summed E-state index contributed by atoms with van der Waals surface area (Å²) < 4.78 is 14.8. The molecule has 1 aliphatic heterocycles. The molecule has 0 amide bonds. The molecule has 3 rings (SSSR count). The largest absolute Gasteiger partial charge is 0.396 e. The zero-order chi connectivity index (χ0) is 18.9. The third kappa shape index (κ3) is 3.62. The van der Waals surface area contributed by atoms with E-state index in [1.165, 1.54) is 0 Å². The zero-order valence-electron chi connectivity index (χ0n) is 15.6. The van der Waals surface area contributed by atoms with Crippen molar-refractivity contribution in [1.82, 2.24) is 4.31 Å². The van der Waals surface area contributed by atoms with Crippen molar-refractivity contribution in [2.24, 2.45) is 0 Å². The molecule has 0 bridgehead atoms. The van der Waals surface area contributed by atoms with Crippen LogP contribution >= 0.6 is 0 Å². The molecule has 2 aromatic carbocycles. The van der Waals surface area contributed by atoms with E-state index >= 15 is 0 Å². The number of nitrogens with zero attached hydrogens (tertiary/aromatic N) is 1. The molecule has 140 valence electrons. The van der Waals surface area contributed by atoms with Crippen LogP contribution in [0, 0.1) is 0 Å². The summed E-state index contributed by atoms with van der Waals surface area (Å²) in [5.41, 5.74) is 5.20. The maximum Gasteiger partial charge on any atom is 0.101 e. The van der Waals surface area contributed by atoms with Gasteiger partial charge in [0.1, 0.15) is 11.0 Å². The highest BCUT2D eigenvalue weighted by molar-refractivity contribution is 7.84. The highest BCUT2D eigenvalue weighted by Gasteiger charge is 2.39. The molecule has 0 fully saturated rings. The molecule has 4 nitrogen and oxygen atoms in total. The molecular weight excluding hydrogens is 346 g/mol. The van der Waals surface area contributed by atoms with E-state index in [1.54, 1.807) is 0 Å². The maximum atomic E-state index is 13.1. The van der Waals surface area contributed by atoms with E-state index in [-0.39, 0.29) is 24.0 Å². The Morgan fingerprint density at radius 3 is 2.42 bits per heavy atom. The predicted molar refractivity (Wildman–Crippen MR) is 106 cm³/mol. The van der Waals surface area contributed by atoms with Gasteiger partial charge < -0.3 is 10.2 Å². The van der Waals surface area contributed by atoms with Gasteiger partial charge in [0.15, 0.2) is 0 Å². The van der Waals surface area contributed by atoms with Gasteiger partial charge in [-0.05, 0) is 61.1 Å². The Morgan fingerprint density at radius 2 is 1.85 bits per heavy atom. The molecule has 0 spiro atoms. The number of hydrogen-bond acceptors (Lipinski definition) is 3. The molecule has 0 saturated carbocycles. The van der Waals surface area contributed by atoms with Crippen LogP contribution in [0.2, 0.25) is 0 Å². The number of aliphatic hydroxyl groups excluding tert-OH is 2. The van der Waals surface area contributed by atoms with E-state index < -0.39 is 11.0 Å². The van der Waals surface area contributed by atoms with Crippen LogP contribution in [0.1, 0.15) is 49.9 Å². The summed E-state index contributed by atoms with van der Waals surface area (Å²) in [6, 6.07) is 14.0. The van der Waals surface area contributed by atoms with Crippen molar-refractivity contribution >= 4 is 11.0 Å². The summed E-state index contributed by atoms with van der Waals surface area (Å²) >= 11 is 0. The third-order valence-corrected chi connectivity index (χ3v) is 6.60. The second-order valence-electron chi connectivity index (χ2n) is 7.71. The SMILES string of the molecule is CC(C)(C)S(=O)N1Cc2cc(CO)cc(-c3ccccc3)c2[C@@H]1CCO. The van der Waals surface area contributed by atoms with Crippen LogP contribution in [-0.4, -0.2) is 30.1 Å². The van der Waals surface area contributed by atoms with Crippen molar-refractivity contribution < 1.29 is 14.4 Å². The molecule has 1 heterocycles. The van der Waals surface area contributed by atoms with Crippen molar-refractivity contribution in [3.05, 3.63) is 59.2 Å². The maximum absolute atomic E-state index is 13.1. The van der Waals surface area contributed by atoms with Crippen molar-refractivity contribution in [3.63, 3.8) is 0 Å². The van der Waals surface area contributed by atoms with Gasteiger partial charge in [0, 0.05) is 13.2 Å². The molecule has 0 radical (unpaired) electrons. The quantitative estimate of drug-likeness (QED) is 0.843. The normalized spacial score (nSPS) is 18.7. The molecule has 2 aromatic rings. The van der Waals surface area contributed by atoms with Crippen molar-refractivity contribution in [2.75, 3.05) is 6.61 Å². The van der Waals surface area contributed by atoms with Gasteiger partial charge >= 0.3 is 0 Å². The summed E-state index contributed by atoms with van der Waals surface area (Å²) in [5, 5.41) is 19.4. The van der Waals surface area contributed by atoms with Crippen LogP contribution in [0.5, 0.6) is 0 Å². The molecule has 0 aliphatic carbocycles. The summed E-state index contributed by atoms with van der Waals surface area (Å²) in [6.45, 7) is 6.49. The monoisotopic (exact) mass is 373 g/mol. The summed E-state index contributed by atoms with van der Waals surface area (Å²) in [7, 11) is -1.18. The van der Waals surface area contributed by atoms with E-state index in [1.807, 2.05) is 55.4 Å². The molecular formula is C21H27NO3S. The van der Waals surface area contributed by atoms with E-state index in [9.17, 15) is 14.4 Å². The molecule has 0 saturated heterocycles. The smallest absolute Gasteiger partial charge is 0.101 e. The summed E-state index contributed by atoms with van der Waals surface area (Å²) in [5.74, 6) is 0. The fourth-order valence-corrected chi connectivity index (χ4v) is 5.01. The lowest BCUT2D eigenvalue weighted by Gasteiger charge is -2.30. The number of fused-ring (bicyclic) bond motifs is 1. The van der Waals surface area contributed by atoms with E-state index in [2.05, 4.69) is 12.1 Å². The number of hydrogen-bond donors (Lipinski definition) is 2. The Morgan fingerprint density at radius 1 is 1.15 bits per heavy atom. The first-order chi connectivity index (χ1) is 12.4. The van der Waals surface area contributed by atoms with Gasteiger partial charge in [-0.1, -0.05) is 36.4 Å². The fraction of sp³-hybridized carbons (Fsp3) is 0.429. The molecule has 1 unspecified atom stereocenters. The van der Waals surface area contributed by atoms with E-state index in [0.29, 0.717) is 13.0 Å². The Labute approximate surface area is 158 Å². The lowest BCUT2D eigenvalue weighted by atomic mass is 9.90. The van der Waals surface area contributed by atoms with Crippen LogP contribution in [0.25, 0.3) is 11.1 Å². The average molecular weight is 374 g/mol. The topological polar surface area (TPSA) is 60.8 Å². The second kappa shape index (κ2) is 7.61. The first kappa shape index (κ1) is 19.2. The number of aliphatic hydroxyl groups is 2. The summed E-state index contributed by atoms with van der Waals surface area (Å²) in [4.78, 5) is 0. The van der Waals surface area contributed by atoms with Gasteiger partial charge in [0.05, 0.1) is 17.4 Å². The fourth-order valence-electron chi connectivity index (χ4n) is 3.61. The first-order valence-corrected chi connectivity index (χ1v) is 10.1. The van der Waals surface area contributed by atoms with Gasteiger partial charge in [-0.2, -0.15) is 0 Å². The minimum absolute atomic E-state index is 0.0276. The van der Waals surface area contributed by atoms with Crippen molar-refractivity contribution in [3.8, 4) is 11.1 Å². The van der Waals surface area contributed by atoms with Crippen LogP contribution in [-0.2, 0) is 24.1 Å². The van der Waals surface area contributed by atoms with Gasteiger partial charge in [0.2, 0.25) is 0 Å². The summed E-state index contributed by atoms with van der Waals surface area (Å²) in [6.07, 6.45) is 0.535. The van der Waals surface area contributed by atoms with Gasteiger partial charge in [-0.25, -0.2) is 8.51 Å². The molecule has 26 heavy (non-hydrogen) atoms. The van der Waals surface area contributed by atoms with Crippen LogP contribution in [0.3, 0.4) is 0 Å². The third-order valence-electron chi connectivity index (χ3n) is 4.74. The number of rotatable bonds is 5. The number of benzene rings is 2. The predicted octanol–water partition coefficient (Wildman–Crippen LogP) is 3.55. The van der Waals surface area contributed by atoms with E-state index in [0.717, 1.165) is 27.8 Å². The molecule has 5 heteroatoms. The average Bonchev–Trinajstić information content (AvgIpc) is 2.98. The molecule has 1 aliphatic rings. The first-order valence-electron chi connectivity index (χ1n) is 8.98. The van der Waals surface area contributed by atoms with E-state index in [4.69, 9.17) is 0 Å². The molecule has 2 atom stereocenters. The van der Waals surface area contributed by atoms with Crippen LogP contribution in [0.15, 0.2) is 42.5 Å². The highest BCUT2D eigenvalue weighted by atomic mass is 32.2.